The van der Waals surface area contributed by atoms with E-state index in [0.717, 1.165) is 16.7 Å². The first-order chi connectivity index (χ1) is 13.8. The lowest BCUT2D eigenvalue weighted by Gasteiger charge is -2.33. The standard InChI is InChI=1S/C23H27FN2O2S/c1-15(2)11-20(22(28)25-13-17-7-9-19(24)10-8-17)26-21(27)14-29-23(26)18-6-4-5-16(3)12-18/h4-10,12,15,20,23H,11,13-14H2,1-3H3,(H,25,28)/t20-,23-/m1/s1. The van der Waals surface area contributed by atoms with Crippen molar-refractivity contribution in [2.45, 2.75) is 45.2 Å². The Balaban J connectivity index is 1.80. The fraction of sp³-hybridized carbons (Fsp3) is 0.391. The molecule has 0 unspecified atom stereocenters. The topological polar surface area (TPSA) is 49.4 Å². The highest BCUT2D eigenvalue weighted by atomic mass is 32.2. The molecule has 4 nitrogen and oxygen atoms in total. The molecule has 2 aromatic rings. The van der Waals surface area contributed by atoms with Crippen molar-refractivity contribution < 1.29 is 14.0 Å². The van der Waals surface area contributed by atoms with E-state index in [1.165, 1.54) is 12.1 Å². The van der Waals surface area contributed by atoms with Gasteiger partial charge in [0.1, 0.15) is 17.2 Å². The number of benzene rings is 2. The van der Waals surface area contributed by atoms with Crippen molar-refractivity contribution in [3.05, 3.63) is 71.0 Å². The second-order valence-electron chi connectivity index (χ2n) is 7.87. The zero-order chi connectivity index (χ0) is 21.0. The second-order valence-corrected chi connectivity index (χ2v) is 8.94. The van der Waals surface area contributed by atoms with Crippen molar-refractivity contribution in [1.82, 2.24) is 10.2 Å². The maximum Gasteiger partial charge on any atom is 0.243 e. The van der Waals surface area contributed by atoms with Gasteiger partial charge in [-0.1, -0.05) is 55.8 Å². The van der Waals surface area contributed by atoms with Crippen LogP contribution in [0.3, 0.4) is 0 Å². The number of carbonyl (C=O) groups is 2. The van der Waals surface area contributed by atoms with Gasteiger partial charge in [-0.2, -0.15) is 0 Å². The molecule has 1 N–H and O–H groups in total. The summed E-state index contributed by atoms with van der Waals surface area (Å²) >= 11 is 1.56. The lowest BCUT2D eigenvalue weighted by Crippen LogP contribution is -2.49. The lowest BCUT2D eigenvalue weighted by atomic mass is 10.00. The minimum atomic E-state index is -0.538. The number of halogens is 1. The Labute approximate surface area is 175 Å². The maximum atomic E-state index is 13.1. The predicted molar refractivity (Wildman–Crippen MR) is 115 cm³/mol. The summed E-state index contributed by atoms with van der Waals surface area (Å²) in [6.45, 7) is 6.43. The van der Waals surface area contributed by atoms with Crippen molar-refractivity contribution in [3.63, 3.8) is 0 Å². The Kier molecular flexibility index (Phi) is 6.96. The number of nitrogens with zero attached hydrogens (tertiary/aromatic N) is 1. The van der Waals surface area contributed by atoms with Crippen LogP contribution in [0, 0.1) is 18.7 Å². The predicted octanol–water partition coefficient (Wildman–Crippen LogP) is 4.44. The SMILES string of the molecule is Cc1cccc([C@H]2SCC(=O)N2[C@H](CC(C)C)C(=O)NCc2ccc(F)cc2)c1. The van der Waals surface area contributed by atoms with Crippen LogP contribution in [0.25, 0.3) is 0 Å². The summed E-state index contributed by atoms with van der Waals surface area (Å²) in [6, 6.07) is 13.6. The third-order valence-corrected chi connectivity index (χ3v) is 6.17. The van der Waals surface area contributed by atoms with Gasteiger partial charge in [0.05, 0.1) is 5.75 Å². The molecule has 2 aromatic carbocycles. The summed E-state index contributed by atoms with van der Waals surface area (Å²) in [6.07, 6.45) is 0.587. The minimum absolute atomic E-state index is 0.0101. The van der Waals surface area contributed by atoms with Crippen LogP contribution < -0.4 is 5.32 Å². The molecule has 1 aliphatic rings. The maximum absolute atomic E-state index is 13.1. The van der Waals surface area contributed by atoms with Gasteiger partial charge in [0, 0.05) is 6.54 Å². The summed E-state index contributed by atoms with van der Waals surface area (Å²) in [7, 11) is 0. The van der Waals surface area contributed by atoms with Crippen LogP contribution >= 0.6 is 11.8 Å². The molecular weight excluding hydrogens is 387 g/mol. The second kappa shape index (κ2) is 9.44. The van der Waals surface area contributed by atoms with Gasteiger partial charge in [0.2, 0.25) is 11.8 Å². The largest absolute Gasteiger partial charge is 0.350 e. The van der Waals surface area contributed by atoms with Crippen molar-refractivity contribution >= 4 is 23.6 Å². The number of carbonyl (C=O) groups excluding carboxylic acids is 2. The van der Waals surface area contributed by atoms with Crippen LogP contribution in [0.5, 0.6) is 0 Å². The molecule has 2 amide bonds. The zero-order valence-corrected chi connectivity index (χ0v) is 17.8. The van der Waals surface area contributed by atoms with Crippen LogP contribution in [0.1, 0.15) is 42.3 Å². The molecule has 6 heteroatoms. The first kappa shape index (κ1) is 21.4. The zero-order valence-electron chi connectivity index (χ0n) is 17.0. The first-order valence-electron chi connectivity index (χ1n) is 9.86. The summed E-state index contributed by atoms with van der Waals surface area (Å²) in [5.74, 6) is 0.144. The highest BCUT2D eigenvalue weighted by Gasteiger charge is 2.41. The van der Waals surface area contributed by atoms with Crippen LogP contribution in [0.2, 0.25) is 0 Å². The van der Waals surface area contributed by atoms with Gasteiger partial charge in [-0.05, 0) is 42.5 Å². The molecule has 29 heavy (non-hydrogen) atoms. The van der Waals surface area contributed by atoms with E-state index in [1.807, 2.05) is 25.1 Å². The number of thioether (sulfide) groups is 1. The van der Waals surface area contributed by atoms with Gasteiger partial charge in [0.25, 0.3) is 0 Å². The van der Waals surface area contributed by atoms with E-state index in [-0.39, 0.29) is 28.9 Å². The van der Waals surface area contributed by atoms with E-state index in [4.69, 9.17) is 0 Å². The van der Waals surface area contributed by atoms with Gasteiger partial charge in [-0.3, -0.25) is 9.59 Å². The van der Waals surface area contributed by atoms with E-state index >= 15 is 0 Å². The molecular formula is C23H27FN2O2S. The van der Waals surface area contributed by atoms with Crippen molar-refractivity contribution in [3.8, 4) is 0 Å². The Hall–Kier alpha value is -2.34. The van der Waals surface area contributed by atoms with E-state index in [1.54, 1.807) is 28.8 Å². The molecule has 1 fully saturated rings. The van der Waals surface area contributed by atoms with Crippen LogP contribution in [-0.4, -0.2) is 28.5 Å². The number of hydrogen-bond acceptors (Lipinski definition) is 3. The Morgan fingerprint density at radius 1 is 1.24 bits per heavy atom. The van der Waals surface area contributed by atoms with E-state index in [9.17, 15) is 14.0 Å². The van der Waals surface area contributed by atoms with Gasteiger partial charge in [-0.25, -0.2) is 4.39 Å². The molecule has 0 aliphatic carbocycles. The molecule has 2 atom stereocenters. The van der Waals surface area contributed by atoms with E-state index in [0.29, 0.717) is 18.7 Å². The number of nitrogens with one attached hydrogen (secondary N) is 1. The van der Waals surface area contributed by atoms with Crippen molar-refractivity contribution in [2.24, 2.45) is 5.92 Å². The fourth-order valence-electron chi connectivity index (χ4n) is 3.56. The highest BCUT2D eigenvalue weighted by Crippen LogP contribution is 2.41. The molecule has 1 saturated heterocycles. The van der Waals surface area contributed by atoms with E-state index in [2.05, 4.69) is 25.2 Å². The Morgan fingerprint density at radius 3 is 2.62 bits per heavy atom. The van der Waals surface area contributed by atoms with Crippen LogP contribution in [0.4, 0.5) is 4.39 Å². The molecule has 1 aliphatic heterocycles. The van der Waals surface area contributed by atoms with Gasteiger partial charge in [-0.15, -0.1) is 11.8 Å². The smallest absolute Gasteiger partial charge is 0.243 e. The monoisotopic (exact) mass is 414 g/mol. The molecule has 0 aromatic heterocycles. The number of hydrogen-bond donors (Lipinski definition) is 1. The highest BCUT2D eigenvalue weighted by molar-refractivity contribution is 8.00. The molecule has 154 valence electrons. The summed E-state index contributed by atoms with van der Waals surface area (Å²) in [5.41, 5.74) is 2.99. The lowest BCUT2D eigenvalue weighted by molar-refractivity contribution is -0.139. The third-order valence-electron chi connectivity index (χ3n) is 4.95. The average molecular weight is 415 g/mol. The molecule has 1 heterocycles. The van der Waals surface area contributed by atoms with Crippen molar-refractivity contribution in [2.75, 3.05) is 5.75 Å². The molecule has 0 saturated carbocycles. The Bertz CT molecular complexity index is 869. The summed E-state index contributed by atoms with van der Waals surface area (Å²) in [4.78, 5) is 27.6. The third kappa shape index (κ3) is 5.38. The molecule has 0 bridgehead atoms. The first-order valence-corrected chi connectivity index (χ1v) is 10.9. The van der Waals surface area contributed by atoms with E-state index < -0.39 is 6.04 Å². The van der Waals surface area contributed by atoms with Crippen molar-refractivity contribution in [1.29, 1.82) is 0 Å². The van der Waals surface area contributed by atoms with Gasteiger partial charge >= 0.3 is 0 Å². The minimum Gasteiger partial charge on any atom is -0.350 e. The Morgan fingerprint density at radius 2 is 1.97 bits per heavy atom. The normalized spacial score (nSPS) is 17.6. The summed E-state index contributed by atoms with van der Waals surface area (Å²) in [5, 5.41) is 2.78. The quantitative estimate of drug-likeness (QED) is 0.729. The molecule has 0 radical (unpaired) electrons. The fourth-order valence-corrected chi connectivity index (χ4v) is 4.77. The molecule has 0 spiro atoms. The molecule has 3 rings (SSSR count). The number of rotatable bonds is 7. The van der Waals surface area contributed by atoms with Crippen LogP contribution in [-0.2, 0) is 16.1 Å². The van der Waals surface area contributed by atoms with Crippen LogP contribution in [0.15, 0.2) is 48.5 Å². The number of amides is 2. The van der Waals surface area contributed by atoms with Gasteiger partial charge < -0.3 is 10.2 Å². The average Bonchev–Trinajstić information content (AvgIpc) is 3.06. The number of aryl methyl sites for hydroxylation is 1. The van der Waals surface area contributed by atoms with Gasteiger partial charge in [0.15, 0.2) is 0 Å². The summed E-state index contributed by atoms with van der Waals surface area (Å²) < 4.78 is 13.1.